The molecule has 0 aliphatic heterocycles. The average molecular weight is 390 g/mol. The number of benzene rings is 2. The van der Waals surface area contributed by atoms with E-state index in [-0.39, 0.29) is 5.91 Å². The summed E-state index contributed by atoms with van der Waals surface area (Å²) in [7, 11) is 1.59. The van der Waals surface area contributed by atoms with Crippen LogP contribution in [-0.2, 0) is 6.54 Å². The number of anilines is 1. The van der Waals surface area contributed by atoms with Crippen molar-refractivity contribution in [2.45, 2.75) is 6.54 Å². The Morgan fingerprint density at radius 2 is 1.86 bits per heavy atom. The number of ether oxygens (including phenoxy) is 1. The molecule has 4 rings (SSSR count). The van der Waals surface area contributed by atoms with Crippen LogP contribution >= 0.6 is 11.3 Å². The molecule has 0 amide bonds. The highest BCUT2D eigenvalue weighted by Crippen LogP contribution is 2.20. The van der Waals surface area contributed by atoms with Gasteiger partial charge in [0.1, 0.15) is 5.75 Å². The third kappa shape index (κ3) is 3.79. The van der Waals surface area contributed by atoms with E-state index in [2.05, 4.69) is 15.4 Å². The van der Waals surface area contributed by atoms with Crippen molar-refractivity contribution in [1.29, 1.82) is 0 Å². The third-order valence-corrected chi connectivity index (χ3v) is 5.05. The predicted molar refractivity (Wildman–Crippen MR) is 110 cm³/mol. The molecule has 0 aliphatic carbocycles. The van der Waals surface area contributed by atoms with Crippen molar-refractivity contribution >= 4 is 23.2 Å². The normalized spacial score (nSPS) is 10.6. The van der Waals surface area contributed by atoms with Crippen molar-refractivity contribution < 1.29 is 9.53 Å². The molecule has 0 spiro atoms. The first-order valence-corrected chi connectivity index (χ1v) is 9.60. The molecular formula is C21H18N4O2S. The summed E-state index contributed by atoms with van der Waals surface area (Å²) in [5.74, 6) is 1.34. The number of nitrogens with one attached hydrogen (secondary N) is 1. The Balaban J connectivity index is 1.68. The summed E-state index contributed by atoms with van der Waals surface area (Å²) in [6, 6.07) is 20.6. The van der Waals surface area contributed by atoms with Gasteiger partial charge in [0.05, 0.1) is 13.7 Å². The molecule has 6 nitrogen and oxygen atoms in total. The van der Waals surface area contributed by atoms with Gasteiger partial charge in [0, 0.05) is 16.0 Å². The molecule has 2 heterocycles. The van der Waals surface area contributed by atoms with E-state index in [4.69, 9.17) is 4.74 Å². The number of hydrogen-bond acceptors (Lipinski definition) is 6. The summed E-state index contributed by atoms with van der Waals surface area (Å²) < 4.78 is 6.48. The lowest BCUT2D eigenvalue weighted by atomic mass is 10.2. The van der Waals surface area contributed by atoms with Gasteiger partial charge in [-0.05, 0) is 35.7 Å². The predicted octanol–water partition coefficient (Wildman–Crippen LogP) is 4.32. The Morgan fingerprint density at radius 1 is 1.07 bits per heavy atom. The van der Waals surface area contributed by atoms with Crippen molar-refractivity contribution in [3.63, 3.8) is 0 Å². The molecule has 28 heavy (non-hydrogen) atoms. The summed E-state index contributed by atoms with van der Waals surface area (Å²) in [6.07, 6.45) is 0. The fraction of sp³-hybridized carbons (Fsp3) is 0.0952. The van der Waals surface area contributed by atoms with E-state index < -0.39 is 0 Å². The molecule has 0 radical (unpaired) electrons. The second-order valence-electron chi connectivity index (χ2n) is 6.00. The van der Waals surface area contributed by atoms with Crippen molar-refractivity contribution in [2.24, 2.45) is 0 Å². The highest BCUT2D eigenvalue weighted by Gasteiger charge is 2.19. The molecule has 2 aromatic carbocycles. The maximum absolute atomic E-state index is 13.1. The quantitative estimate of drug-likeness (QED) is 0.531. The summed E-state index contributed by atoms with van der Waals surface area (Å²) in [6.45, 7) is 0.570. The van der Waals surface area contributed by atoms with Crippen molar-refractivity contribution in [3.8, 4) is 17.1 Å². The van der Waals surface area contributed by atoms with Gasteiger partial charge in [0.2, 0.25) is 5.95 Å². The molecule has 0 fully saturated rings. The van der Waals surface area contributed by atoms with Crippen LogP contribution in [0.5, 0.6) is 5.75 Å². The van der Waals surface area contributed by atoms with Crippen LogP contribution < -0.4 is 10.1 Å². The van der Waals surface area contributed by atoms with Crippen molar-refractivity contribution in [3.05, 3.63) is 82.6 Å². The van der Waals surface area contributed by atoms with E-state index in [9.17, 15) is 4.79 Å². The Kier molecular flexibility index (Phi) is 5.16. The summed E-state index contributed by atoms with van der Waals surface area (Å²) in [5, 5.41) is 9.71. The van der Waals surface area contributed by atoms with Gasteiger partial charge in [0.15, 0.2) is 5.82 Å². The molecule has 1 N–H and O–H groups in total. The van der Waals surface area contributed by atoms with E-state index in [1.807, 2.05) is 47.8 Å². The van der Waals surface area contributed by atoms with Crippen LogP contribution in [0.2, 0.25) is 0 Å². The minimum Gasteiger partial charge on any atom is -0.497 e. The molecule has 0 unspecified atom stereocenters. The van der Waals surface area contributed by atoms with Crippen LogP contribution in [0.4, 0.5) is 5.95 Å². The maximum Gasteiger partial charge on any atom is 0.281 e. The zero-order chi connectivity index (χ0) is 19.3. The number of carbonyl (C=O) groups excluding carboxylic acids is 1. The number of aromatic nitrogens is 3. The largest absolute Gasteiger partial charge is 0.497 e. The second-order valence-corrected chi connectivity index (χ2v) is 7.04. The zero-order valence-corrected chi connectivity index (χ0v) is 16.0. The van der Waals surface area contributed by atoms with E-state index in [0.29, 0.717) is 29.6 Å². The Labute approximate surface area is 166 Å². The Bertz CT molecular complexity index is 1060. The van der Waals surface area contributed by atoms with Gasteiger partial charge in [0.25, 0.3) is 5.91 Å². The fourth-order valence-corrected chi connectivity index (χ4v) is 3.36. The number of carbonyl (C=O) groups is 1. The van der Waals surface area contributed by atoms with Gasteiger partial charge in [-0.1, -0.05) is 36.4 Å². The van der Waals surface area contributed by atoms with Crippen LogP contribution in [0, 0.1) is 0 Å². The fourth-order valence-electron chi connectivity index (χ4n) is 2.71. The maximum atomic E-state index is 13.1. The molecule has 0 aliphatic rings. The molecule has 7 heteroatoms. The van der Waals surface area contributed by atoms with Gasteiger partial charge in [-0.3, -0.25) is 4.79 Å². The molecular weight excluding hydrogens is 372 g/mol. The molecule has 0 bridgehead atoms. The number of methoxy groups -OCH3 is 1. The summed E-state index contributed by atoms with van der Waals surface area (Å²) in [5.41, 5.74) is 1.35. The number of rotatable bonds is 6. The lowest BCUT2D eigenvalue weighted by Gasteiger charge is -2.07. The van der Waals surface area contributed by atoms with Gasteiger partial charge < -0.3 is 10.1 Å². The third-order valence-electron chi connectivity index (χ3n) is 4.17. The van der Waals surface area contributed by atoms with Crippen molar-refractivity contribution in [2.75, 3.05) is 12.4 Å². The lowest BCUT2D eigenvalue weighted by molar-refractivity contribution is 0.0947. The Hall–Kier alpha value is -3.45. The molecule has 140 valence electrons. The average Bonchev–Trinajstić information content (AvgIpc) is 3.42. The molecule has 2 aromatic heterocycles. The minimum atomic E-state index is -0.258. The number of hydrogen-bond donors (Lipinski definition) is 1. The smallest absolute Gasteiger partial charge is 0.281 e. The molecule has 0 saturated carbocycles. The van der Waals surface area contributed by atoms with Gasteiger partial charge in [-0.2, -0.15) is 9.67 Å². The first-order valence-electron chi connectivity index (χ1n) is 8.72. The van der Waals surface area contributed by atoms with Crippen LogP contribution in [-0.4, -0.2) is 27.8 Å². The summed E-state index contributed by atoms with van der Waals surface area (Å²) in [4.78, 5) is 18.8. The van der Waals surface area contributed by atoms with Gasteiger partial charge in [-0.15, -0.1) is 16.4 Å². The van der Waals surface area contributed by atoms with Gasteiger partial charge in [-0.25, -0.2) is 0 Å². The minimum absolute atomic E-state index is 0.258. The topological polar surface area (TPSA) is 69.0 Å². The SMILES string of the molecule is COc1ccc(C(=O)n2nc(-c3ccccc3)nc2NCc2cccs2)cc1. The number of thiophene rings is 1. The highest BCUT2D eigenvalue weighted by atomic mass is 32.1. The van der Waals surface area contributed by atoms with Crippen LogP contribution in [0.3, 0.4) is 0 Å². The van der Waals surface area contributed by atoms with Crippen LogP contribution in [0.25, 0.3) is 11.4 Å². The van der Waals surface area contributed by atoms with E-state index in [1.54, 1.807) is 42.7 Å². The number of nitrogens with zero attached hydrogens (tertiary/aromatic N) is 3. The van der Waals surface area contributed by atoms with E-state index >= 15 is 0 Å². The van der Waals surface area contributed by atoms with Crippen LogP contribution in [0.1, 0.15) is 15.2 Å². The first-order chi connectivity index (χ1) is 13.7. The standard InChI is InChI=1S/C21H18N4O2S/c1-27-17-11-9-16(10-12-17)20(26)25-21(22-14-18-8-5-13-28-18)23-19(24-25)15-6-3-2-4-7-15/h2-13H,14H2,1H3,(H,22,23,24). The van der Waals surface area contributed by atoms with Gasteiger partial charge >= 0.3 is 0 Å². The monoisotopic (exact) mass is 390 g/mol. The Morgan fingerprint density at radius 3 is 2.54 bits per heavy atom. The lowest BCUT2D eigenvalue weighted by Crippen LogP contribution is -2.17. The molecule has 4 aromatic rings. The van der Waals surface area contributed by atoms with Crippen molar-refractivity contribution in [1.82, 2.24) is 14.8 Å². The zero-order valence-electron chi connectivity index (χ0n) is 15.2. The molecule has 0 saturated heterocycles. The second kappa shape index (κ2) is 8.06. The summed E-state index contributed by atoms with van der Waals surface area (Å²) >= 11 is 1.64. The van der Waals surface area contributed by atoms with E-state index in [1.165, 1.54) is 4.68 Å². The first kappa shape index (κ1) is 17.9. The molecule has 0 atom stereocenters. The highest BCUT2D eigenvalue weighted by molar-refractivity contribution is 7.09. The van der Waals surface area contributed by atoms with E-state index in [0.717, 1.165) is 10.4 Å². The van der Waals surface area contributed by atoms with Crippen LogP contribution in [0.15, 0.2) is 72.1 Å².